The summed E-state index contributed by atoms with van der Waals surface area (Å²) in [4.78, 5) is 37.3. The summed E-state index contributed by atoms with van der Waals surface area (Å²) in [5.41, 5.74) is 0.357. The lowest BCUT2D eigenvalue weighted by Gasteiger charge is -2.28. The first-order chi connectivity index (χ1) is 12.1. The zero-order valence-electron chi connectivity index (χ0n) is 15.4. The average molecular weight is 360 g/mol. The lowest BCUT2D eigenvalue weighted by atomic mass is 9.91. The van der Waals surface area contributed by atoms with Crippen molar-refractivity contribution >= 4 is 17.4 Å². The van der Waals surface area contributed by atoms with Gasteiger partial charge in [0.15, 0.2) is 11.5 Å². The Morgan fingerprint density at radius 1 is 1.27 bits per heavy atom. The zero-order valence-corrected chi connectivity index (χ0v) is 15.4. The van der Waals surface area contributed by atoms with Gasteiger partial charge in [-0.1, -0.05) is 39.8 Å². The lowest BCUT2D eigenvalue weighted by Crippen LogP contribution is -2.34. The predicted molar refractivity (Wildman–Crippen MR) is 96.5 cm³/mol. The van der Waals surface area contributed by atoms with Gasteiger partial charge in [0.05, 0.1) is 16.5 Å². The summed E-state index contributed by atoms with van der Waals surface area (Å²) in [7, 11) is 0. The molecule has 140 valence electrons. The summed E-state index contributed by atoms with van der Waals surface area (Å²) < 4.78 is 0. The number of amides is 1. The maximum atomic E-state index is 12.7. The third kappa shape index (κ3) is 3.92. The molecule has 1 aliphatic heterocycles. The van der Waals surface area contributed by atoms with Crippen molar-refractivity contribution in [3.8, 4) is 0 Å². The molecule has 1 N–H and O–H groups in total. The summed E-state index contributed by atoms with van der Waals surface area (Å²) in [5, 5.41) is 21.5. The second kappa shape index (κ2) is 7.68. The number of rotatable bonds is 7. The zero-order chi connectivity index (χ0) is 19.6. The number of hydrogen-bond acceptors (Lipinski definition) is 5. The Balaban J connectivity index is 2.56. The van der Waals surface area contributed by atoms with E-state index in [9.17, 15) is 24.8 Å². The normalized spacial score (nSPS) is 17.5. The molecule has 7 heteroatoms. The van der Waals surface area contributed by atoms with Crippen LogP contribution < -0.4 is 0 Å². The summed E-state index contributed by atoms with van der Waals surface area (Å²) in [6.45, 7) is 7.92. The molecule has 1 atom stereocenters. The van der Waals surface area contributed by atoms with Gasteiger partial charge in [0.25, 0.3) is 11.6 Å². The van der Waals surface area contributed by atoms with E-state index in [1.165, 1.54) is 23.1 Å². The maximum absolute atomic E-state index is 12.7. The molecule has 0 spiro atoms. The fourth-order valence-electron chi connectivity index (χ4n) is 3.16. The van der Waals surface area contributed by atoms with E-state index in [1.807, 2.05) is 27.7 Å². The van der Waals surface area contributed by atoms with Gasteiger partial charge < -0.3 is 10.0 Å². The summed E-state index contributed by atoms with van der Waals surface area (Å²) >= 11 is 0. The molecule has 1 aromatic carbocycles. The number of nitrogens with zero attached hydrogens (tertiary/aromatic N) is 2. The number of ketones is 1. The number of aliphatic hydroxyl groups excluding tert-OH is 1. The minimum atomic E-state index is -0.809. The van der Waals surface area contributed by atoms with Gasteiger partial charge in [0, 0.05) is 25.1 Å². The van der Waals surface area contributed by atoms with Gasteiger partial charge in [-0.2, -0.15) is 0 Å². The molecule has 1 aliphatic rings. The van der Waals surface area contributed by atoms with Crippen LogP contribution in [-0.2, 0) is 9.59 Å². The molecule has 1 heterocycles. The number of nitro benzene ring substituents is 1. The molecule has 1 unspecified atom stereocenters. The number of hydrogen-bond donors (Lipinski definition) is 1. The van der Waals surface area contributed by atoms with E-state index in [-0.39, 0.29) is 35.3 Å². The van der Waals surface area contributed by atoms with Crippen molar-refractivity contribution in [1.82, 2.24) is 4.90 Å². The topological polar surface area (TPSA) is 101 Å². The van der Waals surface area contributed by atoms with E-state index in [2.05, 4.69) is 0 Å². The lowest BCUT2D eigenvalue weighted by molar-refractivity contribution is -0.384. The molecule has 7 nitrogen and oxygen atoms in total. The fraction of sp³-hybridized carbons (Fsp3) is 0.474. The Labute approximate surface area is 152 Å². The van der Waals surface area contributed by atoms with Crippen LogP contribution in [0, 0.1) is 22.0 Å². The van der Waals surface area contributed by atoms with Crippen molar-refractivity contribution in [2.75, 3.05) is 6.54 Å². The molecule has 0 bridgehead atoms. The number of benzene rings is 1. The van der Waals surface area contributed by atoms with E-state index in [0.29, 0.717) is 12.1 Å². The number of Topliss-reactive ketones (excluding diaryl/α,β-unsaturated/α-hetero) is 1. The molecular formula is C19H24N2O5. The Morgan fingerprint density at radius 3 is 2.46 bits per heavy atom. The van der Waals surface area contributed by atoms with Crippen LogP contribution in [0.1, 0.15) is 45.7 Å². The number of nitro groups is 1. The van der Waals surface area contributed by atoms with Gasteiger partial charge in [-0.25, -0.2) is 0 Å². The molecule has 0 saturated heterocycles. The standard InChI is InChI=1S/C19H24N2O5/c1-11(2)8-15(22)16-17(13-6-5-7-14(9-13)21(25)26)20(10-12(3)4)19(24)18(16)23/h5-7,9,11-12,17,23H,8,10H2,1-4H3. The fourth-order valence-corrected chi connectivity index (χ4v) is 3.16. The van der Waals surface area contributed by atoms with Crippen LogP contribution in [-0.4, -0.2) is 33.2 Å². The van der Waals surface area contributed by atoms with Gasteiger partial charge in [-0.15, -0.1) is 0 Å². The molecule has 0 fully saturated rings. The summed E-state index contributed by atoms with van der Waals surface area (Å²) in [5.74, 6) is -1.31. The predicted octanol–water partition coefficient (Wildman–Crippen LogP) is 3.56. The molecular weight excluding hydrogens is 336 g/mol. The molecule has 0 aliphatic carbocycles. The molecule has 26 heavy (non-hydrogen) atoms. The van der Waals surface area contributed by atoms with Crippen molar-refractivity contribution in [2.45, 2.75) is 40.2 Å². The van der Waals surface area contributed by atoms with Crippen molar-refractivity contribution < 1.29 is 19.6 Å². The third-order valence-electron chi connectivity index (χ3n) is 4.16. The highest BCUT2D eigenvalue weighted by atomic mass is 16.6. The monoisotopic (exact) mass is 360 g/mol. The van der Waals surface area contributed by atoms with Crippen molar-refractivity contribution in [1.29, 1.82) is 0 Å². The van der Waals surface area contributed by atoms with Crippen LogP contribution in [0.4, 0.5) is 5.69 Å². The Kier molecular flexibility index (Phi) is 5.79. The Hall–Kier alpha value is -2.70. The van der Waals surface area contributed by atoms with E-state index in [4.69, 9.17) is 0 Å². The Bertz CT molecular complexity index is 767. The molecule has 1 aromatic rings. The highest BCUT2D eigenvalue weighted by Crippen LogP contribution is 2.39. The molecule has 2 rings (SSSR count). The first kappa shape index (κ1) is 19.6. The number of aliphatic hydroxyl groups is 1. The molecule has 0 radical (unpaired) electrons. The number of non-ortho nitro benzene ring substituents is 1. The van der Waals surface area contributed by atoms with Gasteiger partial charge in [0.2, 0.25) is 0 Å². The van der Waals surface area contributed by atoms with Gasteiger partial charge in [0.1, 0.15) is 0 Å². The van der Waals surface area contributed by atoms with E-state index >= 15 is 0 Å². The van der Waals surface area contributed by atoms with Crippen LogP contribution in [0.5, 0.6) is 0 Å². The number of carbonyl (C=O) groups is 2. The first-order valence-electron chi connectivity index (χ1n) is 8.65. The highest BCUT2D eigenvalue weighted by Gasteiger charge is 2.43. The van der Waals surface area contributed by atoms with Gasteiger partial charge in [-0.3, -0.25) is 19.7 Å². The van der Waals surface area contributed by atoms with E-state index in [1.54, 1.807) is 6.07 Å². The highest BCUT2D eigenvalue weighted by molar-refractivity contribution is 6.09. The molecule has 0 aromatic heterocycles. The van der Waals surface area contributed by atoms with Crippen LogP contribution in [0.15, 0.2) is 35.6 Å². The maximum Gasteiger partial charge on any atom is 0.290 e. The van der Waals surface area contributed by atoms with Crippen molar-refractivity contribution in [3.05, 3.63) is 51.3 Å². The van der Waals surface area contributed by atoms with Crippen LogP contribution in [0.3, 0.4) is 0 Å². The van der Waals surface area contributed by atoms with Gasteiger partial charge >= 0.3 is 0 Å². The Morgan fingerprint density at radius 2 is 1.92 bits per heavy atom. The minimum absolute atomic E-state index is 0.0323. The largest absolute Gasteiger partial charge is 0.503 e. The van der Waals surface area contributed by atoms with Crippen LogP contribution in [0.2, 0.25) is 0 Å². The first-order valence-corrected chi connectivity index (χ1v) is 8.65. The third-order valence-corrected chi connectivity index (χ3v) is 4.16. The minimum Gasteiger partial charge on any atom is -0.503 e. The van der Waals surface area contributed by atoms with Crippen LogP contribution in [0.25, 0.3) is 0 Å². The second-order valence-electron chi connectivity index (χ2n) is 7.39. The van der Waals surface area contributed by atoms with Gasteiger partial charge in [-0.05, 0) is 17.4 Å². The smallest absolute Gasteiger partial charge is 0.290 e. The summed E-state index contributed by atoms with van der Waals surface area (Å²) in [6, 6.07) is 5.06. The molecule has 1 amide bonds. The van der Waals surface area contributed by atoms with E-state index < -0.39 is 22.6 Å². The van der Waals surface area contributed by atoms with Crippen LogP contribution >= 0.6 is 0 Å². The second-order valence-corrected chi connectivity index (χ2v) is 7.39. The van der Waals surface area contributed by atoms with Crippen molar-refractivity contribution in [3.63, 3.8) is 0 Å². The average Bonchev–Trinajstić information content (AvgIpc) is 2.78. The quantitative estimate of drug-likeness (QED) is 0.592. The SMILES string of the molecule is CC(C)CC(=O)C1=C(O)C(=O)N(CC(C)C)C1c1cccc([N+](=O)[O-])c1. The van der Waals surface area contributed by atoms with Crippen molar-refractivity contribution in [2.24, 2.45) is 11.8 Å². The number of carbonyl (C=O) groups excluding carboxylic acids is 2. The van der Waals surface area contributed by atoms with E-state index in [0.717, 1.165) is 0 Å². The summed E-state index contributed by atoms with van der Waals surface area (Å²) in [6.07, 6.45) is 0.188. The molecule has 0 saturated carbocycles.